The summed E-state index contributed by atoms with van der Waals surface area (Å²) in [5, 5.41) is 2.97. The molecule has 0 aliphatic heterocycles. The average Bonchev–Trinajstić information content (AvgIpc) is 2.78. The molecule has 15 heavy (non-hydrogen) atoms. The molecule has 1 heterocycles. The monoisotopic (exact) mass is 219 g/mol. The van der Waals surface area contributed by atoms with Gasteiger partial charge < -0.3 is 10.6 Å². The van der Waals surface area contributed by atoms with Crippen LogP contribution in [-0.4, -0.2) is 12.0 Å². The Morgan fingerprint density at radius 2 is 2.07 bits per heavy atom. The molecule has 0 saturated heterocycles. The summed E-state index contributed by atoms with van der Waals surface area (Å²) in [6, 6.07) is 10.2. The van der Waals surface area contributed by atoms with E-state index in [1.165, 1.54) is 0 Å². The predicted molar refractivity (Wildman–Crippen MR) is 64.5 cm³/mol. The SMILES string of the molecule is CN(c1ccccc1)c1nc(CN)cs1. The summed E-state index contributed by atoms with van der Waals surface area (Å²) in [6.07, 6.45) is 0. The lowest BCUT2D eigenvalue weighted by atomic mass is 10.3. The average molecular weight is 219 g/mol. The highest BCUT2D eigenvalue weighted by Crippen LogP contribution is 2.26. The van der Waals surface area contributed by atoms with Gasteiger partial charge in [-0.1, -0.05) is 18.2 Å². The van der Waals surface area contributed by atoms with Crippen LogP contribution in [0.3, 0.4) is 0 Å². The molecule has 2 aromatic rings. The number of anilines is 2. The standard InChI is InChI=1S/C11H13N3S/c1-14(10-5-3-2-4-6-10)11-13-9(7-12)8-15-11/h2-6,8H,7,12H2,1H3. The number of thiazole rings is 1. The van der Waals surface area contributed by atoms with Crippen LogP contribution in [0.15, 0.2) is 35.7 Å². The van der Waals surface area contributed by atoms with Crippen molar-refractivity contribution in [1.29, 1.82) is 0 Å². The summed E-state index contributed by atoms with van der Waals surface area (Å²) in [4.78, 5) is 6.48. The molecule has 0 amide bonds. The first-order valence-electron chi connectivity index (χ1n) is 4.74. The summed E-state index contributed by atoms with van der Waals surface area (Å²) in [5.74, 6) is 0. The molecule has 0 atom stereocenters. The Morgan fingerprint density at radius 3 is 2.67 bits per heavy atom. The fourth-order valence-electron chi connectivity index (χ4n) is 1.31. The van der Waals surface area contributed by atoms with Gasteiger partial charge in [-0.15, -0.1) is 11.3 Å². The van der Waals surface area contributed by atoms with E-state index in [0.717, 1.165) is 16.5 Å². The topological polar surface area (TPSA) is 42.2 Å². The van der Waals surface area contributed by atoms with Crippen LogP contribution in [0.5, 0.6) is 0 Å². The first kappa shape index (κ1) is 10.1. The van der Waals surface area contributed by atoms with Crippen LogP contribution in [0.2, 0.25) is 0 Å². The summed E-state index contributed by atoms with van der Waals surface area (Å²) in [6.45, 7) is 0.499. The maximum atomic E-state index is 5.53. The zero-order valence-electron chi connectivity index (χ0n) is 8.55. The van der Waals surface area contributed by atoms with Gasteiger partial charge in [0.05, 0.1) is 5.69 Å². The number of benzene rings is 1. The Bertz CT molecular complexity index is 424. The van der Waals surface area contributed by atoms with E-state index in [1.54, 1.807) is 11.3 Å². The fourth-order valence-corrected chi connectivity index (χ4v) is 2.13. The summed E-state index contributed by atoms with van der Waals surface area (Å²) >= 11 is 1.61. The molecule has 1 aromatic heterocycles. The molecule has 3 nitrogen and oxygen atoms in total. The molecule has 0 radical (unpaired) electrons. The fraction of sp³-hybridized carbons (Fsp3) is 0.182. The van der Waals surface area contributed by atoms with Crippen molar-refractivity contribution >= 4 is 22.2 Å². The minimum atomic E-state index is 0.499. The van der Waals surface area contributed by atoms with Gasteiger partial charge in [-0.3, -0.25) is 0 Å². The molecule has 0 fully saturated rings. The van der Waals surface area contributed by atoms with Crippen molar-refractivity contribution in [3.05, 3.63) is 41.4 Å². The molecule has 0 aliphatic rings. The minimum Gasteiger partial charge on any atom is -0.325 e. The lowest BCUT2D eigenvalue weighted by Crippen LogP contribution is -2.09. The van der Waals surface area contributed by atoms with Crippen molar-refractivity contribution < 1.29 is 0 Å². The second-order valence-electron chi connectivity index (χ2n) is 3.22. The van der Waals surface area contributed by atoms with Crippen LogP contribution in [0.1, 0.15) is 5.69 Å². The third kappa shape index (κ3) is 2.16. The Hall–Kier alpha value is -1.39. The van der Waals surface area contributed by atoms with Crippen LogP contribution >= 0.6 is 11.3 Å². The van der Waals surface area contributed by atoms with Gasteiger partial charge in [0.25, 0.3) is 0 Å². The van der Waals surface area contributed by atoms with Gasteiger partial charge in [-0.2, -0.15) is 0 Å². The quantitative estimate of drug-likeness (QED) is 0.861. The highest BCUT2D eigenvalue weighted by Gasteiger charge is 2.07. The largest absolute Gasteiger partial charge is 0.325 e. The third-order valence-corrected chi connectivity index (χ3v) is 3.15. The van der Waals surface area contributed by atoms with Gasteiger partial charge in [0, 0.05) is 24.7 Å². The number of aromatic nitrogens is 1. The molecular weight excluding hydrogens is 206 g/mol. The van der Waals surface area contributed by atoms with Gasteiger partial charge in [-0.05, 0) is 12.1 Å². The molecule has 0 bridgehead atoms. The van der Waals surface area contributed by atoms with E-state index in [1.807, 2.05) is 30.6 Å². The second-order valence-corrected chi connectivity index (χ2v) is 4.06. The molecule has 2 rings (SSSR count). The highest BCUT2D eigenvalue weighted by molar-refractivity contribution is 7.13. The van der Waals surface area contributed by atoms with Gasteiger partial charge in [0.1, 0.15) is 0 Å². The first-order chi connectivity index (χ1) is 7.31. The lowest BCUT2D eigenvalue weighted by molar-refractivity contribution is 1.00. The molecule has 0 aliphatic carbocycles. The van der Waals surface area contributed by atoms with Crippen molar-refractivity contribution in [1.82, 2.24) is 4.98 Å². The van der Waals surface area contributed by atoms with E-state index in [-0.39, 0.29) is 0 Å². The van der Waals surface area contributed by atoms with Gasteiger partial charge >= 0.3 is 0 Å². The van der Waals surface area contributed by atoms with E-state index < -0.39 is 0 Å². The van der Waals surface area contributed by atoms with E-state index in [0.29, 0.717) is 6.54 Å². The van der Waals surface area contributed by atoms with Gasteiger partial charge in [0.15, 0.2) is 5.13 Å². The number of hydrogen-bond acceptors (Lipinski definition) is 4. The van der Waals surface area contributed by atoms with E-state index in [2.05, 4.69) is 22.0 Å². The van der Waals surface area contributed by atoms with Gasteiger partial charge in [-0.25, -0.2) is 4.98 Å². The van der Waals surface area contributed by atoms with E-state index in [9.17, 15) is 0 Å². The lowest BCUT2D eigenvalue weighted by Gasteiger charge is -2.15. The zero-order valence-corrected chi connectivity index (χ0v) is 9.37. The Morgan fingerprint density at radius 1 is 1.33 bits per heavy atom. The van der Waals surface area contributed by atoms with Crippen LogP contribution in [0.4, 0.5) is 10.8 Å². The van der Waals surface area contributed by atoms with Crippen LogP contribution in [-0.2, 0) is 6.54 Å². The molecule has 4 heteroatoms. The molecule has 78 valence electrons. The molecular formula is C11H13N3S. The molecule has 0 unspecified atom stereocenters. The van der Waals surface area contributed by atoms with Crippen LogP contribution in [0, 0.1) is 0 Å². The predicted octanol–water partition coefficient (Wildman–Crippen LogP) is 2.37. The number of nitrogens with two attached hydrogens (primary N) is 1. The normalized spacial score (nSPS) is 10.3. The zero-order chi connectivity index (χ0) is 10.7. The number of rotatable bonds is 3. The summed E-state index contributed by atoms with van der Waals surface area (Å²) in [5.41, 5.74) is 7.60. The van der Waals surface area contributed by atoms with Crippen molar-refractivity contribution in [3.63, 3.8) is 0 Å². The number of hydrogen-bond donors (Lipinski definition) is 1. The number of para-hydroxylation sites is 1. The maximum Gasteiger partial charge on any atom is 0.189 e. The second kappa shape index (κ2) is 4.42. The van der Waals surface area contributed by atoms with E-state index >= 15 is 0 Å². The minimum absolute atomic E-state index is 0.499. The highest BCUT2D eigenvalue weighted by atomic mass is 32.1. The van der Waals surface area contributed by atoms with Crippen LogP contribution in [0.25, 0.3) is 0 Å². The van der Waals surface area contributed by atoms with Crippen molar-refractivity contribution in [2.75, 3.05) is 11.9 Å². The molecule has 0 spiro atoms. The maximum absolute atomic E-state index is 5.53. The summed E-state index contributed by atoms with van der Waals surface area (Å²) in [7, 11) is 2.01. The Balaban J connectivity index is 2.24. The van der Waals surface area contributed by atoms with Crippen molar-refractivity contribution in [3.8, 4) is 0 Å². The van der Waals surface area contributed by atoms with Gasteiger partial charge in [0.2, 0.25) is 0 Å². The Labute approximate surface area is 93.2 Å². The smallest absolute Gasteiger partial charge is 0.189 e. The molecule has 2 N–H and O–H groups in total. The molecule has 1 aromatic carbocycles. The third-order valence-electron chi connectivity index (χ3n) is 2.18. The van der Waals surface area contributed by atoms with E-state index in [4.69, 9.17) is 5.73 Å². The molecule has 0 saturated carbocycles. The Kier molecular flexibility index (Phi) is 2.99. The summed E-state index contributed by atoms with van der Waals surface area (Å²) < 4.78 is 0. The van der Waals surface area contributed by atoms with Crippen LogP contribution < -0.4 is 10.6 Å². The van der Waals surface area contributed by atoms with Crippen molar-refractivity contribution in [2.45, 2.75) is 6.54 Å². The van der Waals surface area contributed by atoms with Crippen molar-refractivity contribution in [2.24, 2.45) is 5.73 Å². The number of nitrogens with zero attached hydrogens (tertiary/aromatic N) is 2. The first-order valence-corrected chi connectivity index (χ1v) is 5.62.